The van der Waals surface area contributed by atoms with E-state index in [9.17, 15) is 4.79 Å². The fourth-order valence-corrected chi connectivity index (χ4v) is 2.10. The fourth-order valence-electron chi connectivity index (χ4n) is 2.10. The second kappa shape index (κ2) is 5.06. The van der Waals surface area contributed by atoms with E-state index in [2.05, 4.69) is 17.2 Å². The average molecular weight is 248 g/mol. The highest BCUT2D eigenvalue weighted by atomic mass is 16.5. The van der Waals surface area contributed by atoms with Crippen LogP contribution in [0.2, 0.25) is 0 Å². The molecular formula is C14H20N2O2. The second-order valence-corrected chi connectivity index (χ2v) is 5.19. The SMILES string of the molecule is CC[C@@H](NC(=O)C1(C)COC1)c1ncccc1C. The lowest BCUT2D eigenvalue weighted by atomic mass is 9.87. The van der Waals surface area contributed by atoms with Gasteiger partial charge in [-0.05, 0) is 31.9 Å². The molecule has 1 aliphatic rings. The molecule has 18 heavy (non-hydrogen) atoms. The largest absolute Gasteiger partial charge is 0.379 e. The van der Waals surface area contributed by atoms with E-state index in [1.807, 2.05) is 26.0 Å². The molecule has 4 nitrogen and oxygen atoms in total. The van der Waals surface area contributed by atoms with Crippen LogP contribution in [0.5, 0.6) is 0 Å². The van der Waals surface area contributed by atoms with Crippen LogP contribution in [-0.4, -0.2) is 24.1 Å². The van der Waals surface area contributed by atoms with Crippen LogP contribution < -0.4 is 5.32 Å². The van der Waals surface area contributed by atoms with Gasteiger partial charge in [-0.15, -0.1) is 0 Å². The minimum atomic E-state index is -0.365. The maximum atomic E-state index is 12.2. The van der Waals surface area contributed by atoms with E-state index >= 15 is 0 Å². The summed E-state index contributed by atoms with van der Waals surface area (Å²) in [4.78, 5) is 16.6. The van der Waals surface area contributed by atoms with Gasteiger partial charge in [0.05, 0.1) is 30.4 Å². The van der Waals surface area contributed by atoms with Gasteiger partial charge in [0, 0.05) is 6.20 Å². The summed E-state index contributed by atoms with van der Waals surface area (Å²) in [5.41, 5.74) is 1.70. The number of carbonyl (C=O) groups excluding carboxylic acids is 1. The van der Waals surface area contributed by atoms with Gasteiger partial charge in [-0.2, -0.15) is 0 Å². The summed E-state index contributed by atoms with van der Waals surface area (Å²) in [5, 5.41) is 3.08. The summed E-state index contributed by atoms with van der Waals surface area (Å²) < 4.78 is 5.13. The Bertz CT molecular complexity index is 441. The van der Waals surface area contributed by atoms with E-state index in [1.165, 1.54) is 0 Å². The molecule has 1 aromatic heterocycles. The Labute approximate surface area is 108 Å². The van der Waals surface area contributed by atoms with Crippen molar-refractivity contribution in [2.24, 2.45) is 5.41 Å². The molecule has 1 aromatic rings. The molecule has 1 saturated heterocycles. The Morgan fingerprint density at radius 1 is 1.61 bits per heavy atom. The van der Waals surface area contributed by atoms with Crippen molar-refractivity contribution in [2.45, 2.75) is 33.2 Å². The summed E-state index contributed by atoms with van der Waals surface area (Å²) in [7, 11) is 0. The molecular weight excluding hydrogens is 228 g/mol. The van der Waals surface area contributed by atoms with E-state index in [0.29, 0.717) is 13.2 Å². The van der Waals surface area contributed by atoms with Gasteiger partial charge in [0.1, 0.15) is 0 Å². The van der Waals surface area contributed by atoms with Crippen molar-refractivity contribution >= 4 is 5.91 Å². The Kier molecular flexibility index (Phi) is 3.66. The highest BCUT2D eigenvalue weighted by Gasteiger charge is 2.41. The molecule has 1 amide bonds. The van der Waals surface area contributed by atoms with Crippen LogP contribution in [0.3, 0.4) is 0 Å². The smallest absolute Gasteiger partial charge is 0.231 e. The lowest BCUT2D eigenvalue weighted by Gasteiger charge is -2.37. The number of pyridine rings is 1. The highest BCUT2D eigenvalue weighted by molar-refractivity contribution is 5.83. The van der Waals surface area contributed by atoms with Crippen LogP contribution in [0.15, 0.2) is 18.3 Å². The molecule has 2 rings (SSSR count). The lowest BCUT2D eigenvalue weighted by Crippen LogP contribution is -2.52. The molecule has 0 aliphatic carbocycles. The summed E-state index contributed by atoms with van der Waals surface area (Å²) in [6, 6.07) is 3.91. The zero-order valence-electron chi connectivity index (χ0n) is 11.2. The number of amides is 1. The third kappa shape index (κ3) is 2.38. The first-order chi connectivity index (χ1) is 8.57. The monoisotopic (exact) mass is 248 g/mol. The van der Waals surface area contributed by atoms with Crippen molar-refractivity contribution in [1.29, 1.82) is 0 Å². The van der Waals surface area contributed by atoms with Gasteiger partial charge in [0.15, 0.2) is 0 Å². The molecule has 1 aliphatic heterocycles. The van der Waals surface area contributed by atoms with Crippen molar-refractivity contribution in [2.75, 3.05) is 13.2 Å². The van der Waals surface area contributed by atoms with Crippen molar-refractivity contribution < 1.29 is 9.53 Å². The molecule has 1 fully saturated rings. The Morgan fingerprint density at radius 2 is 2.33 bits per heavy atom. The number of rotatable bonds is 4. The van der Waals surface area contributed by atoms with Crippen LogP contribution in [0.25, 0.3) is 0 Å². The van der Waals surface area contributed by atoms with Crippen LogP contribution in [0.1, 0.15) is 37.6 Å². The first kappa shape index (κ1) is 13.0. The number of nitrogens with zero attached hydrogens (tertiary/aromatic N) is 1. The van der Waals surface area contributed by atoms with E-state index in [-0.39, 0.29) is 17.4 Å². The maximum Gasteiger partial charge on any atom is 0.231 e. The van der Waals surface area contributed by atoms with Crippen molar-refractivity contribution in [3.05, 3.63) is 29.6 Å². The van der Waals surface area contributed by atoms with Gasteiger partial charge in [-0.25, -0.2) is 0 Å². The first-order valence-corrected chi connectivity index (χ1v) is 6.37. The van der Waals surface area contributed by atoms with Gasteiger partial charge in [-0.3, -0.25) is 9.78 Å². The Morgan fingerprint density at radius 3 is 2.83 bits per heavy atom. The fraction of sp³-hybridized carbons (Fsp3) is 0.571. The van der Waals surface area contributed by atoms with E-state index < -0.39 is 0 Å². The number of aryl methyl sites for hydroxylation is 1. The van der Waals surface area contributed by atoms with Gasteiger partial charge in [0.25, 0.3) is 0 Å². The zero-order valence-corrected chi connectivity index (χ0v) is 11.2. The molecule has 0 saturated carbocycles. The molecule has 0 spiro atoms. The standard InChI is InChI=1S/C14H20N2O2/c1-4-11(12-10(2)6-5-7-15-12)16-13(17)14(3)8-18-9-14/h5-7,11H,4,8-9H2,1-3H3,(H,16,17)/t11-/m1/s1. The highest BCUT2D eigenvalue weighted by Crippen LogP contribution is 2.28. The minimum Gasteiger partial charge on any atom is -0.379 e. The number of ether oxygens (including phenoxy) is 1. The normalized spacial score (nSPS) is 18.8. The molecule has 1 atom stereocenters. The minimum absolute atomic E-state index is 0.0175. The lowest BCUT2D eigenvalue weighted by molar-refractivity contribution is -0.158. The quantitative estimate of drug-likeness (QED) is 0.886. The van der Waals surface area contributed by atoms with Gasteiger partial charge in [0.2, 0.25) is 5.91 Å². The third-order valence-corrected chi connectivity index (χ3v) is 3.48. The number of nitrogens with one attached hydrogen (secondary N) is 1. The van der Waals surface area contributed by atoms with E-state index in [1.54, 1.807) is 6.20 Å². The van der Waals surface area contributed by atoms with Crippen LogP contribution in [0.4, 0.5) is 0 Å². The van der Waals surface area contributed by atoms with Crippen molar-refractivity contribution in [3.8, 4) is 0 Å². The summed E-state index contributed by atoms with van der Waals surface area (Å²) in [6.45, 7) is 7.03. The number of carbonyl (C=O) groups is 1. The Hall–Kier alpha value is -1.42. The molecule has 1 N–H and O–H groups in total. The molecule has 4 heteroatoms. The van der Waals surface area contributed by atoms with E-state index in [4.69, 9.17) is 4.74 Å². The van der Waals surface area contributed by atoms with Gasteiger partial charge in [-0.1, -0.05) is 13.0 Å². The average Bonchev–Trinajstić information content (AvgIpc) is 2.33. The molecule has 0 bridgehead atoms. The van der Waals surface area contributed by atoms with E-state index in [0.717, 1.165) is 17.7 Å². The first-order valence-electron chi connectivity index (χ1n) is 6.37. The van der Waals surface area contributed by atoms with Gasteiger partial charge >= 0.3 is 0 Å². The number of hydrogen-bond acceptors (Lipinski definition) is 3. The summed E-state index contributed by atoms with van der Waals surface area (Å²) >= 11 is 0. The summed E-state index contributed by atoms with van der Waals surface area (Å²) in [5.74, 6) is 0.0608. The van der Waals surface area contributed by atoms with Crippen LogP contribution >= 0.6 is 0 Å². The topological polar surface area (TPSA) is 51.2 Å². The molecule has 0 radical (unpaired) electrons. The van der Waals surface area contributed by atoms with Crippen LogP contribution in [-0.2, 0) is 9.53 Å². The maximum absolute atomic E-state index is 12.2. The number of aromatic nitrogens is 1. The molecule has 98 valence electrons. The summed E-state index contributed by atoms with van der Waals surface area (Å²) in [6.07, 6.45) is 2.60. The number of hydrogen-bond donors (Lipinski definition) is 1. The van der Waals surface area contributed by atoms with Crippen LogP contribution in [0, 0.1) is 12.3 Å². The Balaban J connectivity index is 2.10. The van der Waals surface area contributed by atoms with Crippen molar-refractivity contribution in [1.82, 2.24) is 10.3 Å². The second-order valence-electron chi connectivity index (χ2n) is 5.19. The third-order valence-electron chi connectivity index (χ3n) is 3.48. The zero-order chi connectivity index (χ0) is 13.2. The van der Waals surface area contributed by atoms with Crippen molar-refractivity contribution in [3.63, 3.8) is 0 Å². The molecule has 0 aromatic carbocycles. The molecule has 0 unspecified atom stereocenters. The van der Waals surface area contributed by atoms with Gasteiger partial charge < -0.3 is 10.1 Å². The predicted molar refractivity (Wildman–Crippen MR) is 69.1 cm³/mol. The molecule has 2 heterocycles. The predicted octanol–water partition coefficient (Wildman–Crippen LogP) is 1.99.